The maximum Gasteiger partial charge on any atom is 0.123 e. The molecule has 1 atom stereocenters. The van der Waals surface area contributed by atoms with Gasteiger partial charge in [-0.15, -0.1) is 11.3 Å². The van der Waals surface area contributed by atoms with Gasteiger partial charge in [0.2, 0.25) is 0 Å². The van der Waals surface area contributed by atoms with Crippen LogP contribution in [0.3, 0.4) is 0 Å². The summed E-state index contributed by atoms with van der Waals surface area (Å²) in [5, 5.41) is 0. The van der Waals surface area contributed by atoms with Crippen molar-refractivity contribution in [2.24, 2.45) is 11.8 Å². The number of carbonyl (C=O) groups is 1. The zero-order valence-electron chi connectivity index (χ0n) is 7.79. The van der Waals surface area contributed by atoms with E-state index in [1.807, 2.05) is 6.07 Å². The van der Waals surface area contributed by atoms with Crippen LogP contribution in [0, 0.1) is 11.8 Å². The number of hydrogen-bond acceptors (Lipinski definition) is 2. The molecule has 1 rings (SSSR count). The summed E-state index contributed by atoms with van der Waals surface area (Å²) in [6, 6.07) is 4.11. The Labute approximate surface area is 91.3 Å². The van der Waals surface area contributed by atoms with Crippen molar-refractivity contribution in [2.75, 3.05) is 0 Å². The molecular weight excluding hydrogens is 248 g/mol. The van der Waals surface area contributed by atoms with Crippen molar-refractivity contribution in [3.05, 3.63) is 20.8 Å². The number of hydrogen-bond donors (Lipinski definition) is 0. The second-order valence-corrected chi connectivity index (χ2v) is 6.00. The average molecular weight is 261 g/mol. The van der Waals surface area contributed by atoms with Crippen LogP contribution in [-0.4, -0.2) is 6.29 Å². The van der Waals surface area contributed by atoms with Gasteiger partial charge < -0.3 is 4.79 Å². The first kappa shape index (κ1) is 10.9. The average Bonchev–Trinajstić information content (AvgIpc) is 2.46. The Morgan fingerprint density at radius 2 is 2.23 bits per heavy atom. The lowest BCUT2D eigenvalue weighted by Crippen LogP contribution is -2.12. The predicted octanol–water partition coefficient (Wildman–Crippen LogP) is 3.52. The molecule has 0 saturated heterocycles. The molecule has 13 heavy (non-hydrogen) atoms. The third-order valence-electron chi connectivity index (χ3n) is 2.10. The first-order valence-electron chi connectivity index (χ1n) is 4.33. The first-order chi connectivity index (χ1) is 6.13. The Bertz CT molecular complexity index is 280. The Kier molecular flexibility index (Phi) is 4.13. The van der Waals surface area contributed by atoms with Gasteiger partial charge in [-0.1, -0.05) is 13.8 Å². The summed E-state index contributed by atoms with van der Waals surface area (Å²) in [5.41, 5.74) is 0. The van der Waals surface area contributed by atoms with Gasteiger partial charge in [0, 0.05) is 10.8 Å². The van der Waals surface area contributed by atoms with Crippen molar-refractivity contribution in [1.82, 2.24) is 0 Å². The van der Waals surface area contributed by atoms with E-state index >= 15 is 0 Å². The molecular formula is C10H13BrOS. The number of carbonyl (C=O) groups excluding carboxylic acids is 1. The van der Waals surface area contributed by atoms with Gasteiger partial charge in [0.1, 0.15) is 6.29 Å². The molecule has 0 bridgehead atoms. The zero-order valence-corrected chi connectivity index (χ0v) is 10.2. The summed E-state index contributed by atoms with van der Waals surface area (Å²) < 4.78 is 1.14. The molecule has 0 fully saturated rings. The number of halogens is 1. The summed E-state index contributed by atoms with van der Waals surface area (Å²) in [4.78, 5) is 12.0. The molecule has 0 radical (unpaired) electrons. The Morgan fingerprint density at radius 3 is 2.62 bits per heavy atom. The van der Waals surface area contributed by atoms with Crippen LogP contribution in [0.15, 0.2) is 15.9 Å². The molecule has 1 heterocycles. The number of thiophene rings is 1. The highest BCUT2D eigenvalue weighted by atomic mass is 79.9. The van der Waals surface area contributed by atoms with Gasteiger partial charge in [0.15, 0.2) is 0 Å². The van der Waals surface area contributed by atoms with E-state index in [2.05, 4.69) is 35.8 Å². The highest BCUT2D eigenvalue weighted by Crippen LogP contribution is 2.25. The van der Waals surface area contributed by atoms with Gasteiger partial charge in [0.05, 0.1) is 3.79 Å². The summed E-state index contributed by atoms with van der Waals surface area (Å²) >= 11 is 5.12. The van der Waals surface area contributed by atoms with E-state index in [9.17, 15) is 4.79 Å². The zero-order chi connectivity index (χ0) is 9.84. The van der Waals surface area contributed by atoms with E-state index in [4.69, 9.17) is 0 Å². The fraction of sp³-hybridized carbons (Fsp3) is 0.500. The quantitative estimate of drug-likeness (QED) is 0.758. The molecule has 0 amide bonds. The molecule has 0 N–H and O–H groups in total. The summed E-state index contributed by atoms with van der Waals surface area (Å²) in [6.07, 6.45) is 1.94. The molecule has 0 saturated carbocycles. The molecule has 0 spiro atoms. The number of aldehydes is 1. The van der Waals surface area contributed by atoms with Crippen molar-refractivity contribution in [3.8, 4) is 0 Å². The van der Waals surface area contributed by atoms with Gasteiger partial charge >= 0.3 is 0 Å². The van der Waals surface area contributed by atoms with E-state index in [-0.39, 0.29) is 5.92 Å². The largest absolute Gasteiger partial charge is 0.303 e. The lowest BCUT2D eigenvalue weighted by molar-refractivity contribution is -0.112. The fourth-order valence-corrected chi connectivity index (χ4v) is 2.69. The Balaban J connectivity index is 2.61. The van der Waals surface area contributed by atoms with Crippen LogP contribution in [0.2, 0.25) is 0 Å². The topological polar surface area (TPSA) is 17.1 Å². The molecule has 0 aromatic carbocycles. The van der Waals surface area contributed by atoms with Crippen molar-refractivity contribution in [2.45, 2.75) is 20.3 Å². The molecule has 3 heteroatoms. The van der Waals surface area contributed by atoms with E-state index in [0.717, 1.165) is 16.5 Å². The minimum Gasteiger partial charge on any atom is -0.303 e. The van der Waals surface area contributed by atoms with E-state index in [1.165, 1.54) is 4.88 Å². The van der Waals surface area contributed by atoms with Gasteiger partial charge in [-0.3, -0.25) is 0 Å². The normalized spacial score (nSPS) is 13.2. The monoisotopic (exact) mass is 260 g/mol. The van der Waals surface area contributed by atoms with Gasteiger partial charge in [0.25, 0.3) is 0 Å². The van der Waals surface area contributed by atoms with Crippen molar-refractivity contribution >= 4 is 33.6 Å². The number of rotatable bonds is 4. The van der Waals surface area contributed by atoms with E-state index in [1.54, 1.807) is 11.3 Å². The SMILES string of the molecule is CC(C)C(C=O)Cc1ccc(Br)s1. The smallest absolute Gasteiger partial charge is 0.123 e. The van der Waals surface area contributed by atoms with Gasteiger partial charge in [-0.05, 0) is 40.4 Å². The summed E-state index contributed by atoms with van der Waals surface area (Å²) in [5.74, 6) is 0.587. The predicted molar refractivity (Wildman–Crippen MR) is 60.1 cm³/mol. The van der Waals surface area contributed by atoms with E-state index < -0.39 is 0 Å². The van der Waals surface area contributed by atoms with Crippen molar-refractivity contribution in [1.29, 1.82) is 0 Å². The van der Waals surface area contributed by atoms with Crippen LogP contribution < -0.4 is 0 Å². The molecule has 1 nitrogen and oxygen atoms in total. The molecule has 1 aromatic rings. The minimum atomic E-state index is 0.158. The van der Waals surface area contributed by atoms with Gasteiger partial charge in [-0.2, -0.15) is 0 Å². The van der Waals surface area contributed by atoms with Crippen LogP contribution >= 0.6 is 27.3 Å². The van der Waals surface area contributed by atoms with Crippen LogP contribution in [0.1, 0.15) is 18.7 Å². The highest BCUT2D eigenvalue weighted by molar-refractivity contribution is 9.11. The van der Waals surface area contributed by atoms with Crippen molar-refractivity contribution in [3.63, 3.8) is 0 Å². The summed E-state index contributed by atoms with van der Waals surface area (Å²) in [7, 11) is 0. The van der Waals surface area contributed by atoms with Crippen molar-refractivity contribution < 1.29 is 4.79 Å². The molecule has 0 aliphatic carbocycles. The Morgan fingerprint density at radius 1 is 1.54 bits per heavy atom. The van der Waals surface area contributed by atoms with Crippen LogP contribution in [0.5, 0.6) is 0 Å². The lowest BCUT2D eigenvalue weighted by Gasteiger charge is -2.12. The minimum absolute atomic E-state index is 0.158. The fourth-order valence-electron chi connectivity index (χ4n) is 1.13. The Hall–Kier alpha value is -0.150. The summed E-state index contributed by atoms with van der Waals surface area (Å²) in [6.45, 7) is 4.17. The van der Waals surface area contributed by atoms with Crippen LogP contribution in [-0.2, 0) is 11.2 Å². The van der Waals surface area contributed by atoms with E-state index in [0.29, 0.717) is 5.92 Å². The maximum atomic E-state index is 10.8. The molecule has 1 unspecified atom stereocenters. The molecule has 72 valence electrons. The standard InChI is InChI=1S/C10H13BrOS/c1-7(2)8(6-12)5-9-3-4-10(11)13-9/h3-4,6-8H,5H2,1-2H3. The third-order valence-corrected chi connectivity index (χ3v) is 3.74. The molecule has 0 aliphatic heterocycles. The first-order valence-corrected chi connectivity index (χ1v) is 5.94. The maximum absolute atomic E-state index is 10.8. The van der Waals surface area contributed by atoms with Crippen LogP contribution in [0.4, 0.5) is 0 Å². The highest BCUT2D eigenvalue weighted by Gasteiger charge is 2.13. The second-order valence-electron chi connectivity index (χ2n) is 3.45. The molecule has 1 aromatic heterocycles. The van der Waals surface area contributed by atoms with Crippen LogP contribution in [0.25, 0.3) is 0 Å². The lowest BCUT2D eigenvalue weighted by atomic mass is 9.93. The van der Waals surface area contributed by atoms with Gasteiger partial charge in [-0.25, -0.2) is 0 Å². The third kappa shape index (κ3) is 3.24. The second kappa shape index (κ2) is 4.91. The molecule has 0 aliphatic rings.